The van der Waals surface area contributed by atoms with Gasteiger partial charge in [-0.1, -0.05) is 133 Å². The molecule has 128 valence electrons. The van der Waals surface area contributed by atoms with Crippen LogP contribution in [0.4, 0.5) is 0 Å². The van der Waals surface area contributed by atoms with E-state index >= 15 is 0 Å². The standard InChI is InChI=1S/C18H42NSi2.K/c1-7-13-20(14-8-2,15-9-3)19-21(16-10-4,17-11-5)18-12-6;/h7-18H2,1-6H3;/q-1;+1. The Morgan fingerprint density at radius 1 is 0.455 bits per heavy atom. The van der Waals surface area contributed by atoms with Crippen molar-refractivity contribution in [3.8, 4) is 0 Å². The zero-order valence-electron chi connectivity index (χ0n) is 16.9. The molecule has 4 heteroatoms. The first-order valence-corrected chi connectivity index (χ1v) is 14.9. The number of nitrogens with zero attached hydrogens (tertiary/aromatic N) is 1. The molecule has 0 unspecified atom stereocenters. The van der Waals surface area contributed by atoms with Crippen LogP contribution in [0.15, 0.2) is 0 Å². The van der Waals surface area contributed by atoms with Gasteiger partial charge in [-0.2, -0.15) is 0 Å². The summed E-state index contributed by atoms with van der Waals surface area (Å²) < 4.78 is 5.96. The summed E-state index contributed by atoms with van der Waals surface area (Å²) in [7, 11) is -2.71. The number of rotatable bonds is 14. The molecule has 0 spiro atoms. The predicted octanol–water partition coefficient (Wildman–Crippen LogP) is 4.72. The topological polar surface area (TPSA) is 14.1 Å². The average molecular weight is 368 g/mol. The van der Waals surface area contributed by atoms with Crippen LogP contribution in [0.5, 0.6) is 0 Å². The first-order valence-electron chi connectivity index (χ1n) is 9.81. The summed E-state index contributed by atoms with van der Waals surface area (Å²) in [5.41, 5.74) is 0. The maximum atomic E-state index is 5.96. The molecule has 0 aromatic rings. The third kappa shape index (κ3) is 9.50. The van der Waals surface area contributed by atoms with Crippen LogP contribution in [0.1, 0.15) is 80.1 Å². The number of hydrogen-bond donors (Lipinski definition) is 0. The molecule has 1 nitrogen and oxygen atoms in total. The fourth-order valence-electron chi connectivity index (χ4n) is 4.38. The van der Waals surface area contributed by atoms with Gasteiger partial charge in [-0.05, 0) is 0 Å². The summed E-state index contributed by atoms with van der Waals surface area (Å²) in [6.07, 6.45) is 8.11. The van der Waals surface area contributed by atoms with Crippen molar-refractivity contribution in [1.29, 1.82) is 0 Å². The Balaban J connectivity index is 0. The van der Waals surface area contributed by atoms with Gasteiger partial charge in [0, 0.05) is 0 Å². The molecule has 0 aromatic heterocycles. The first kappa shape index (κ1) is 26.3. The average Bonchev–Trinajstić information content (AvgIpc) is 2.40. The molecule has 22 heavy (non-hydrogen) atoms. The third-order valence-electron chi connectivity index (χ3n) is 4.77. The fraction of sp³-hybridized carbons (Fsp3) is 1.00. The van der Waals surface area contributed by atoms with Gasteiger partial charge in [-0.15, -0.1) is 0 Å². The molecule has 0 radical (unpaired) electrons. The normalized spacial score (nSPS) is 12.3. The molecule has 0 N–H and O–H groups in total. The van der Waals surface area contributed by atoms with Crippen molar-refractivity contribution in [1.82, 2.24) is 0 Å². The van der Waals surface area contributed by atoms with E-state index in [1.165, 1.54) is 74.8 Å². The Morgan fingerprint density at radius 3 is 0.773 bits per heavy atom. The van der Waals surface area contributed by atoms with Crippen molar-refractivity contribution < 1.29 is 51.4 Å². The predicted molar refractivity (Wildman–Crippen MR) is 105 cm³/mol. The van der Waals surface area contributed by atoms with Gasteiger partial charge >= 0.3 is 51.4 Å². The molecule has 0 bridgehead atoms. The van der Waals surface area contributed by atoms with Crippen LogP contribution in [0.25, 0.3) is 4.65 Å². The van der Waals surface area contributed by atoms with E-state index in [9.17, 15) is 0 Å². The van der Waals surface area contributed by atoms with Crippen LogP contribution in [0.3, 0.4) is 0 Å². The minimum absolute atomic E-state index is 0. The fourth-order valence-corrected chi connectivity index (χ4v) is 18.2. The van der Waals surface area contributed by atoms with Crippen LogP contribution in [0.2, 0.25) is 36.3 Å². The van der Waals surface area contributed by atoms with Crippen molar-refractivity contribution in [2.75, 3.05) is 0 Å². The smallest absolute Gasteiger partial charge is 0.666 e. The quantitative estimate of drug-likeness (QED) is 0.395. The molecule has 0 saturated heterocycles. The van der Waals surface area contributed by atoms with Gasteiger partial charge < -0.3 is 4.65 Å². The SMILES string of the molecule is CCC[Si](CCC)(CCC)[N-][Si](CCC)(CCC)CCC.[K+]. The number of hydrogen-bond acceptors (Lipinski definition) is 0. The van der Waals surface area contributed by atoms with Gasteiger partial charge in [0.1, 0.15) is 0 Å². The Bertz CT molecular complexity index is 191. The van der Waals surface area contributed by atoms with Crippen molar-refractivity contribution in [3.05, 3.63) is 4.65 Å². The maximum Gasteiger partial charge on any atom is 1.00 e. The molecule has 0 aliphatic rings. The molecule has 0 amide bonds. The van der Waals surface area contributed by atoms with E-state index < -0.39 is 16.5 Å². The maximum absolute atomic E-state index is 5.96. The summed E-state index contributed by atoms with van der Waals surface area (Å²) in [6, 6.07) is 8.75. The van der Waals surface area contributed by atoms with Gasteiger partial charge in [-0.25, -0.2) is 0 Å². The first-order chi connectivity index (χ1) is 10.1. The van der Waals surface area contributed by atoms with E-state index in [0.717, 1.165) is 0 Å². The van der Waals surface area contributed by atoms with E-state index in [0.29, 0.717) is 0 Å². The molecular weight excluding hydrogens is 325 g/mol. The molecule has 0 atom stereocenters. The zero-order chi connectivity index (χ0) is 16.2. The molecule has 0 heterocycles. The summed E-state index contributed by atoms with van der Waals surface area (Å²) in [4.78, 5) is 0. The molecule has 0 aromatic carbocycles. The van der Waals surface area contributed by atoms with Crippen LogP contribution < -0.4 is 51.4 Å². The molecule has 0 saturated carbocycles. The van der Waals surface area contributed by atoms with Crippen LogP contribution in [0, 0.1) is 0 Å². The Hall–Kier alpha value is 2.03. The minimum atomic E-state index is -1.36. The molecule has 0 aliphatic carbocycles. The van der Waals surface area contributed by atoms with Crippen molar-refractivity contribution >= 4 is 16.5 Å². The van der Waals surface area contributed by atoms with E-state index in [-0.39, 0.29) is 51.4 Å². The minimum Gasteiger partial charge on any atom is -0.666 e. The molecule has 0 rings (SSSR count). The van der Waals surface area contributed by atoms with Crippen LogP contribution in [-0.4, -0.2) is 16.5 Å². The third-order valence-corrected chi connectivity index (χ3v) is 17.1. The van der Waals surface area contributed by atoms with Crippen LogP contribution >= 0.6 is 0 Å². The van der Waals surface area contributed by atoms with Crippen molar-refractivity contribution in [2.45, 2.75) is 116 Å². The van der Waals surface area contributed by atoms with E-state index in [1.807, 2.05) is 0 Å². The van der Waals surface area contributed by atoms with E-state index in [4.69, 9.17) is 4.65 Å². The van der Waals surface area contributed by atoms with E-state index in [1.54, 1.807) is 0 Å². The summed E-state index contributed by atoms with van der Waals surface area (Å²) in [6.45, 7) is 14.3. The summed E-state index contributed by atoms with van der Waals surface area (Å²) >= 11 is 0. The Morgan fingerprint density at radius 2 is 0.636 bits per heavy atom. The zero-order valence-corrected chi connectivity index (χ0v) is 22.1. The van der Waals surface area contributed by atoms with Gasteiger partial charge in [-0.3, -0.25) is 0 Å². The second kappa shape index (κ2) is 15.3. The van der Waals surface area contributed by atoms with Crippen molar-refractivity contribution in [2.24, 2.45) is 0 Å². The van der Waals surface area contributed by atoms with Crippen LogP contribution in [-0.2, 0) is 0 Å². The van der Waals surface area contributed by atoms with Gasteiger partial charge in [0.05, 0.1) is 0 Å². The summed E-state index contributed by atoms with van der Waals surface area (Å²) in [5, 5.41) is 0. The summed E-state index contributed by atoms with van der Waals surface area (Å²) in [5.74, 6) is 0. The molecule has 0 aliphatic heterocycles. The van der Waals surface area contributed by atoms with Gasteiger partial charge in [0.2, 0.25) is 0 Å². The van der Waals surface area contributed by atoms with Crippen molar-refractivity contribution in [3.63, 3.8) is 0 Å². The van der Waals surface area contributed by atoms with Gasteiger partial charge in [0.25, 0.3) is 0 Å². The second-order valence-corrected chi connectivity index (χ2v) is 15.9. The van der Waals surface area contributed by atoms with Gasteiger partial charge in [0.15, 0.2) is 0 Å². The second-order valence-electron chi connectivity index (χ2n) is 7.06. The van der Waals surface area contributed by atoms with E-state index in [2.05, 4.69) is 41.5 Å². The molecular formula is C18H42KNSi2. The largest absolute Gasteiger partial charge is 1.00 e. The molecule has 0 fully saturated rings. The monoisotopic (exact) mass is 367 g/mol. The Kier molecular flexibility index (Phi) is 18.3. The Labute approximate surface area is 186 Å².